The molecule has 0 spiro atoms. The van der Waals surface area contributed by atoms with Gasteiger partial charge >= 0.3 is 0 Å². The fourth-order valence-electron chi connectivity index (χ4n) is 8.15. The van der Waals surface area contributed by atoms with Gasteiger partial charge in [0.15, 0.2) is 0 Å². The largest absolute Gasteiger partial charge is 0.456 e. The second-order valence-corrected chi connectivity index (χ2v) is 13.7. The van der Waals surface area contributed by atoms with Crippen LogP contribution in [0.15, 0.2) is 192 Å². The zero-order valence-corrected chi connectivity index (χ0v) is 29.1. The van der Waals surface area contributed by atoms with Gasteiger partial charge in [0.2, 0.25) is 0 Å². The van der Waals surface area contributed by atoms with Crippen molar-refractivity contribution in [2.75, 3.05) is 0 Å². The first-order valence-corrected chi connectivity index (χ1v) is 18.2. The first-order chi connectivity index (χ1) is 26.8. The lowest BCUT2D eigenvalue weighted by Gasteiger charge is -2.16. The summed E-state index contributed by atoms with van der Waals surface area (Å²) in [5, 5.41) is 5.60. The molecule has 3 aromatic heterocycles. The van der Waals surface area contributed by atoms with Crippen LogP contribution in [0.4, 0.5) is 0 Å². The average Bonchev–Trinajstić information content (AvgIpc) is 3.82. The van der Waals surface area contributed by atoms with E-state index in [9.17, 15) is 0 Å². The summed E-state index contributed by atoms with van der Waals surface area (Å²) in [7, 11) is 0. The van der Waals surface area contributed by atoms with Crippen molar-refractivity contribution in [2.24, 2.45) is 0 Å². The predicted molar refractivity (Wildman–Crippen MR) is 223 cm³/mol. The van der Waals surface area contributed by atoms with E-state index in [-0.39, 0.29) is 0 Å². The molecule has 0 N–H and O–H groups in total. The minimum atomic E-state index is 0.856. The van der Waals surface area contributed by atoms with E-state index in [0.29, 0.717) is 0 Å². The summed E-state index contributed by atoms with van der Waals surface area (Å²) in [6, 6.07) is 66.0. The molecule has 0 saturated carbocycles. The molecule has 0 saturated heterocycles. The van der Waals surface area contributed by atoms with Gasteiger partial charge in [-0.2, -0.15) is 0 Å². The van der Waals surface area contributed by atoms with Crippen molar-refractivity contribution in [3.8, 4) is 50.6 Å². The van der Waals surface area contributed by atoms with Crippen molar-refractivity contribution >= 4 is 54.6 Å². The van der Waals surface area contributed by atoms with Gasteiger partial charge in [-0.1, -0.05) is 140 Å². The van der Waals surface area contributed by atoms with Crippen LogP contribution in [-0.4, -0.2) is 14.5 Å². The van der Waals surface area contributed by atoms with Crippen LogP contribution in [-0.2, 0) is 0 Å². The fraction of sp³-hybridized carbons (Fsp3) is 0. The van der Waals surface area contributed by atoms with Gasteiger partial charge in [0.05, 0.1) is 22.2 Å². The highest BCUT2D eigenvalue weighted by molar-refractivity contribution is 6.27. The number of para-hydroxylation sites is 5. The van der Waals surface area contributed by atoms with Gasteiger partial charge in [0.1, 0.15) is 17.0 Å². The van der Waals surface area contributed by atoms with Crippen LogP contribution in [0.3, 0.4) is 0 Å². The number of fused-ring (bicyclic) bond motifs is 7. The van der Waals surface area contributed by atoms with E-state index < -0.39 is 0 Å². The summed E-state index contributed by atoms with van der Waals surface area (Å²) in [5.74, 6) is 0.917. The van der Waals surface area contributed by atoms with E-state index in [0.717, 1.165) is 94.3 Å². The lowest BCUT2D eigenvalue weighted by Crippen LogP contribution is -1.97. The third-order valence-electron chi connectivity index (χ3n) is 10.6. The highest BCUT2D eigenvalue weighted by Gasteiger charge is 2.22. The van der Waals surface area contributed by atoms with Crippen LogP contribution in [0, 0.1) is 0 Å². The number of nitrogens with zero attached hydrogens (tertiary/aromatic N) is 3. The van der Waals surface area contributed by atoms with Crippen molar-refractivity contribution in [3.63, 3.8) is 0 Å². The topological polar surface area (TPSA) is 43.9 Å². The van der Waals surface area contributed by atoms with Crippen LogP contribution in [0.2, 0.25) is 0 Å². The maximum Gasteiger partial charge on any atom is 0.145 e. The Balaban J connectivity index is 1.09. The molecule has 54 heavy (non-hydrogen) atoms. The van der Waals surface area contributed by atoms with Crippen molar-refractivity contribution < 1.29 is 4.42 Å². The fourth-order valence-corrected chi connectivity index (χ4v) is 8.15. The Morgan fingerprint density at radius 1 is 0.389 bits per heavy atom. The maximum absolute atomic E-state index is 6.59. The molecular formula is C50H31N3O. The zero-order chi connectivity index (χ0) is 35.6. The summed E-state index contributed by atoms with van der Waals surface area (Å²) in [5.41, 5.74) is 13.4. The molecule has 0 atom stereocenters. The van der Waals surface area contributed by atoms with Gasteiger partial charge in [-0.15, -0.1) is 0 Å². The number of hydrogen-bond donors (Lipinski definition) is 0. The Hall–Kier alpha value is -7.30. The zero-order valence-electron chi connectivity index (χ0n) is 29.1. The van der Waals surface area contributed by atoms with Crippen LogP contribution in [0.5, 0.6) is 0 Å². The van der Waals surface area contributed by atoms with Gasteiger partial charge < -0.3 is 4.42 Å². The molecule has 8 aromatic carbocycles. The van der Waals surface area contributed by atoms with Crippen molar-refractivity contribution in [2.45, 2.75) is 0 Å². The number of rotatable bonds is 5. The quantitative estimate of drug-likeness (QED) is 0.169. The Kier molecular flexibility index (Phi) is 6.82. The average molecular weight is 690 g/mol. The molecule has 252 valence electrons. The Morgan fingerprint density at radius 3 is 1.87 bits per heavy atom. The number of hydrogen-bond acceptors (Lipinski definition) is 3. The number of aromatic nitrogens is 3. The lowest BCUT2D eigenvalue weighted by atomic mass is 9.89. The normalized spacial score (nSPS) is 11.7. The maximum atomic E-state index is 6.59. The van der Waals surface area contributed by atoms with Crippen molar-refractivity contribution in [3.05, 3.63) is 188 Å². The van der Waals surface area contributed by atoms with E-state index in [1.165, 1.54) is 10.9 Å². The van der Waals surface area contributed by atoms with Crippen molar-refractivity contribution in [1.82, 2.24) is 14.5 Å². The molecular weight excluding hydrogens is 659 g/mol. The molecule has 0 amide bonds. The van der Waals surface area contributed by atoms with Crippen LogP contribution >= 0.6 is 0 Å². The third-order valence-corrected chi connectivity index (χ3v) is 10.6. The van der Waals surface area contributed by atoms with E-state index in [2.05, 4.69) is 174 Å². The third kappa shape index (κ3) is 4.78. The minimum Gasteiger partial charge on any atom is -0.456 e. The molecule has 11 aromatic rings. The Morgan fingerprint density at radius 2 is 1.04 bits per heavy atom. The second kappa shape index (κ2) is 12.1. The number of furan rings is 1. The minimum absolute atomic E-state index is 0.856. The molecule has 3 heterocycles. The molecule has 0 fully saturated rings. The number of pyridine rings is 1. The van der Waals surface area contributed by atoms with Gasteiger partial charge in [-0.3, -0.25) is 4.57 Å². The summed E-state index contributed by atoms with van der Waals surface area (Å²) >= 11 is 0. The standard InChI is InChI=1S/C50H31N3O/c1-3-14-33(15-4-1)46-47-38-20-7-9-22-41(38)51-49(40(47)31-45-48(46)39-21-8-12-25-44(39)54-45)36-17-13-16-35(30-36)32-26-28-34(29-27-32)50-52-42-23-10-11-24-43(42)53(50)37-18-5-2-6-19-37/h1-31H. The smallest absolute Gasteiger partial charge is 0.145 e. The summed E-state index contributed by atoms with van der Waals surface area (Å²) in [6.45, 7) is 0. The molecule has 0 radical (unpaired) electrons. The molecule has 11 rings (SSSR count). The van der Waals surface area contributed by atoms with Crippen molar-refractivity contribution in [1.29, 1.82) is 0 Å². The van der Waals surface area contributed by atoms with Gasteiger partial charge in [-0.05, 0) is 65.2 Å². The first-order valence-electron chi connectivity index (χ1n) is 18.2. The SMILES string of the molecule is c1ccc(-c2c3c(cc4c(-c5cccc(-c6ccc(-c7nc8ccccc8n7-c7ccccc7)cc6)c5)nc5ccccc5c24)oc2ccccc23)cc1. The summed E-state index contributed by atoms with van der Waals surface area (Å²) in [6.07, 6.45) is 0. The summed E-state index contributed by atoms with van der Waals surface area (Å²) in [4.78, 5) is 10.4. The lowest BCUT2D eigenvalue weighted by molar-refractivity contribution is 0.669. The molecule has 0 aliphatic carbocycles. The molecule has 4 heteroatoms. The van der Waals surface area contributed by atoms with Gasteiger partial charge in [0.25, 0.3) is 0 Å². The molecule has 4 nitrogen and oxygen atoms in total. The second-order valence-electron chi connectivity index (χ2n) is 13.7. The molecule has 0 unspecified atom stereocenters. The van der Waals surface area contributed by atoms with E-state index in [1.807, 2.05) is 18.2 Å². The van der Waals surface area contributed by atoms with E-state index in [1.54, 1.807) is 0 Å². The van der Waals surface area contributed by atoms with Crippen LogP contribution in [0.25, 0.3) is 105 Å². The van der Waals surface area contributed by atoms with Crippen LogP contribution in [0.1, 0.15) is 0 Å². The molecule has 0 aliphatic heterocycles. The number of benzene rings is 8. The van der Waals surface area contributed by atoms with E-state index >= 15 is 0 Å². The highest BCUT2D eigenvalue weighted by atomic mass is 16.3. The molecule has 0 aliphatic rings. The summed E-state index contributed by atoms with van der Waals surface area (Å²) < 4.78 is 8.83. The monoisotopic (exact) mass is 689 g/mol. The van der Waals surface area contributed by atoms with E-state index in [4.69, 9.17) is 14.4 Å². The van der Waals surface area contributed by atoms with Gasteiger partial charge in [-0.25, -0.2) is 9.97 Å². The molecule has 0 bridgehead atoms. The van der Waals surface area contributed by atoms with Crippen LogP contribution < -0.4 is 0 Å². The highest BCUT2D eigenvalue weighted by Crippen LogP contribution is 2.46. The number of imidazole rings is 1. The Labute approximate surface area is 311 Å². The Bertz CT molecular complexity index is 3200. The first kappa shape index (κ1) is 30.3. The predicted octanol–water partition coefficient (Wildman–Crippen LogP) is 13.3. The van der Waals surface area contributed by atoms with Gasteiger partial charge in [0, 0.05) is 49.3 Å².